The Morgan fingerprint density at radius 2 is 2.25 bits per heavy atom. The van der Waals surface area contributed by atoms with E-state index in [-0.39, 0.29) is 0 Å². The number of halogens is 1. The molecule has 2 nitrogen and oxygen atoms in total. The van der Waals surface area contributed by atoms with E-state index in [1.165, 1.54) is 10.4 Å². The first-order chi connectivity index (χ1) is 9.58. The van der Waals surface area contributed by atoms with Crippen LogP contribution in [0.1, 0.15) is 29.0 Å². The van der Waals surface area contributed by atoms with Crippen LogP contribution in [0.2, 0.25) is 0 Å². The van der Waals surface area contributed by atoms with Crippen molar-refractivity contribution in [3.05, 3.63) is 50.1 Å². The van der Waals surface area contributed by atoms with E-state index in [2.05, 4.69) is 45.3 Å². The molecule has 20 heavy (non-hydrogen) atoms. The third-order valence-electron chi connectivity index (χ3n) is 3.81. The molecule has 0 bridgehead atoms. The number of rotatable bonds is 2. The molecule has 1 aromatic heterocycles. The zero-order valence-corrected chi connectivity index (χ0v) is 14.3. The molecule has 0 saturated carbocycles. The quantitative estimate of drug-likeness (QED) is 0.804. The summed E-state index contributed by atoms with van der Waals surface area (Å²) in [7, 11) is 0. The number of benzene rings is 1. The Morgan fingerprint density at radius 1 is 1.45 bits per heavy atom. The van der Waals surface area contributed by atoms with Crippen molar-refractivity contribution in [2.45, 2.75) is 19.4 Å². The van der Waals surface area contributed by atoms with Gasteiger partial charge in [0.1, 0.15) is 4.99 Å². The lowest BCUT2D eigenvalue weighted by Crippen LogP contribution is -2.34. The fourth-order valence-corrected chi connectivity index (χ4v) is 4.27. The van der Waals surface area contributed by atoms with Crippen LogP contribution in [0.15, 0.2) is 34.1 Å². The number of thiophene rings is 1. The average molecular weight is 367 g/mol. The van der Waals surface area contributed by atoms with Crippen LogP contribution >= 0.6 is 39.5 Å². The minimum absolute atomic E-state index is 0.354. The van der Waals surface area contributed by atoms with E-state index >= 15 is 0 Å². The molecular weight excluding hydrogens is 352 g/mol. The molecule has 1 aliphatic heterocycles. The predicted molar refractivity (Wildman–Crippen MR) is 93.8 cm³/mol. The highest BCUT2D eigenvalue weighted by Gasteiger charge is 2.26. The van der Waals surface area contributed by atoms with Crippen LogP contribution in [0.3, 0.4) is 0 Å². The van der Waals surface area contributed by atoms with Crippen LogP contribution in [-0.2, 0) is 6.42 Å². The summed E-state index contributed by atoms with van der Waals surface area (Å²) in [4.78, 5) is 4.35. The molecule has 104 valence electrons. The molecule has 0 saturated heterocycles. The van der Waals surface area contributed by atoms with Gasteiger partial charge in [-0.2, -0.15) is 0 Å². The molecule has 0 amide bonds. The maximum Gasteiger partial charge on any atom is 0.106 e. The number of anilines is 1. The Morgan fingerprint density at radius 3 is 3.00 bits per heavy atom. The maximum absolute atomic E-state index is 5.88. The van der Waals surface area contributed by atoms with Gasteiger partial charge in [0.25, 0.3) is 0 Å². The van der Waals surface area contributed by atoms with Gasteiger partial charge in [-0.05, 0) is 48.6 Å². The summed E-state index contributed by atoms with van der Waals surface area (Å²) in [6, 6.07) is 8.69. The van der Waals surface area contributed by atoms with E-state index in [1.54, 1.807) is 0 Å². The molecule has 0 radical (unpaired) electrons. The molecule has 1 aliphatic rings. The lowest BCUT2D eigenvalue weighted by atomic mass is 9.99. The molecule has 0 aliphatic carbocycles. The van der Waals surface area contributed by atoms with E-state index in [0.29, 0.717) is 11.0 Å². The zero-order valence-electron chi connectivity index (χ0n) is 11.1. The van der Waals surface area contributed by atoms with Crippen LogP contribution in [0, 0.1) is 0 Å². The van der Waals surface area contributed by atoms with E-state index in [4.69, 9.17) is 18.0 Å². The molecule has 1 atom stereocenters. The summed E-state index contributed by atoms with van der Waals surface area (Å²) in [5.74, 6) is 0. The second-order valence-corrected chi connectivity index (χ2v) is 7.30. The molecule has 5 heteroatoms. The van der Waals surface area contributed by atoms with E-state index in [9.17, 15) is 0 Å². The molecule has 0 fully saturated rings. The largest absolute Gasteiger partial charge is 0.389 e. The molecule has 0 spiro atoms. The van der Waals surface area contributed by atoms with Gasteiger partial charge >= 0.3 is 0 Å². The Hall–Kier alpha value is -0.910. The summed E-state index contributed by atoms with van der Waals surface area (Å²) in [5.41, 5.74) is 9.38. The summed E-state index contributed by atoms with van der Waals surface area (Å²) in [6.45, 7) is 3.25. The normalized spacial score (nSPS) is 17.9. The predicted octanol–water partition coefficient (Wildman–Crippen LogP) is 4.27. The molecular formula is C15H15BrN2S2. The first-order valence-corrected chi connectivity index (χ1v) is 8.58. The van der Waals surface area contributed by atoms with E-state index < -0.39 is 0 Å². The number of fused-ring (bicyclic) bond motifs is 1. The van der Waals surface area contributed by atoms with Crippen molar-refractivity contribution in [3.8, 4) is 0 Å². The highest BCUT2D eigenvalue weighted by molar-refractivity contribution is 9.10. The zero-order chi connectivity index (χ0) is 14.3. The molecule has 1 unspecified atom stereocenters. The molecule has 2 N–H and O–H groups in total. The number of nitrogens with zero attached hydrogens (tertiary/aromatic N) is 1. The SMILES string of the molecule is CC1c2ccsc2CCN1c1cc(Br)ccc1C(N)=S. The van der Waals surface area contributed by atoms with Gasteiger partial charge in [0.15, 0.2) is 0 Å². The van der Waals surface area contributed by atoms with E-state index in [0.717, 1.165) is 28.7 Å². The van der Waals surface area contributed by atoms with Crippen molar-refractivity contribution < 1.29 is 0 Å². The molecule has 2 aromatic rings. The fraction of sp³-hybridized carbons (Fsp3) is 0.267. The lowest BCUT2D eigenvalue weighted by Gasteiger charge is -2.36. The smallest absolute Gasteiger partial charge is 0.106 e. The van der Waals surface area contributed by atoms with Crippen molar-refractivity contribution in [2.75, 3.05) is 11.4 Å². The minimum Gasteiger partial charge on any atom is -0.389 e. The van der Waals surface area contributed by atoms with Gasteiger partial charge in [-0.3, -0.25) is 0 Å². The summed E-state index contributed by atoms with van der Waals surface area (Å²) >= 11 is 10.6. The maximum atomic E-state index is 5.88. The highest BCUT2D eigenvalue weighted by Crippen LogP contribution is 2.38. The Kier molecular flexibility index (Phi) is 3.84. The van der Waals surface area contributed by atoms with Gasteiger partial charge in [0.05, 0.1) is 6.04 Å². The van der Waals surface area contributed by atoms with Crippen molar-refractivity contribution in [1.82, 2.24) is 0 Å². The Bertz CT molecular complexity index is 666. The highest BCUT2D eigenvalue weighted by atomic mass is 79.9. The van der Waals surface area contributed by atoms with Crippen molar-refractivity contribution in [2.24, 2.45) is 5.73 Å². The minimum atomic E-state index is 0.354. The van der Waals surface area contributed by atoms with Gasteiger partial charge in [0.2, 0.25) is 0 Å². The first kappa shape index (κ1) is 14.0. The summed E-state index contributed by atoms with van der Waals surface area (Å²) in [5, 5.41) is 2.18. The Labute approximate surface area is 136 Å². The van der Waals surface area contributed by atoms with Crippen molar-refractivity contribution in [1.29, 1.82) is 0 Å². The number of thiocarbonyl (C=S) groups is 1. The average Bonchev–Trinajstić information content (AvgIpc) is 2.88. The Balaban J connectivity index is 2.06. The first-order valence-electron chi connectivity index (χ1n) is 6.50. The van der Waals surface area contributed by atoms with Crippen LogP contribution in [0.5, 0.6) is 0 Å². The van der Waals surface area contributed by atoms with Crippen LogP contribution in [-0.4, -0.2) is 11.5 Å². The van der Waals surface area contributed by atoms with Crippen LogP contribution < -0.4 is 10.6 Å². The van der Waals surface area contributed by atoms with Crippen molar-refractivity contribution >= 4 is 50.2 Å². The van der Waals surface area contributed by atoms with Gasteiger partial charge in [0, 0.05) is 27.1 Å². The molecule has 3 rings (SSSR count). The van der Waals surface area contributed by atoms with Gasteiger partial charge < -0.3 is 10.6 Å². The van der Waals surface area contributed by atoms with Gasteiger partial charge in [-0.15, -0.1) is 11.3 Å². The monoisotopic (exact) mass is 366 g/mol. The van der Waals surface area contributed by atoms with Gasteiger partial charge in [-0.25, -0.2) is 0 Å². The molecule has 1 aromatic carbocycles. The topological polar surface area (TPSA) is 29.3 Å². The third kappa shape index (κ3) is 2.38. The molecule has 2 heterocycles. The van der Waals surface area contributed by atoms with E-state index in [1.807, 2.05) is 23.5 Å². The summed E-state index contributed by atoms with van der Waals surface area (Å²) in [6.07, 6.45) is 1.08. The standard InChI is InChI=1S/C15H15BrN2S2/c1-9-11-5-7-20-14(11)4-6-18(9)13-8-10(16)2-3-12(13)15(17)19/h2-3,5,7-9H,4,6H2,1H3,(H2,17,19). The second kappa shape index (κ2) is 5.47. The third-order valence-corrected chi connectivity index (χ3v) is 5.52. The van der Waals surface area contributed by atoms with Crippen LogP contribution in [0.25, 0.3) is 0 Å². The lowest BCUT2D eigenvalue weighted by molar-refractivity contribution is 0.632. The fourth-order valence-electron chi connectivity index (χ4n) is 2.79. The van der Waals surface area contributed by atoms with Gasteiger partial charge in [-0.1, -0.05) is 28.1 Å². The van der Waals surface area contributed by atoms with Crippen LogP contribution in [0.4, 0.5) is 5.69 Å². The number of hydrogen-bond donors (Lipinski definition) is 1. The number of hydrogen-bond acceptors (Lipinski definition) is 3. The summed E-state index contributed by atoms with van der Waals surface area (Å²) < 4.78 is 1.05. The van der Waals surface area contributed by atoms with Crippen molar-refractivity contribution in [3.63, 3.8) is 0 Å². The second-order valence-electron chi connectivity index (χ2n) is 4.94. The number of nitrogens with two attached hydrogens (primary N) is 1.